The van der Waals surface area contributed by atoms with Gasteiger partial charge in [0.2, 0.25) is 0 Å². The second-order valence-corrected chi connectivity index (χ2v) is 3.93. The van der Waals surface area contributed by atoms with Crippen molar-refractivity contribution < 1.29 is 23.9 Å². The number of hydrogen-bond donors (Lipinski definition) is 0. The predicted molar refractivity (Wildman–Crippen MR) is 54.5 cm³/mol. The summed E-state index contributed by atoms with van der Waals surface area (Å²) in [5, 5.41) is 0. The molecule has 0 aromatic carbocycles. The summed E-state index contributed by atoms with van der Waals surface area (Å²) in [5.74, 6) is -1.35. The molecular weight excluding hydrogens is 212 g/mol. The van der Waals surface area contributed by atoms with Crippen LogP contribution in [0.1, 0.15) is 25.7 Å². The molecule has 1 fully saturated rings. The van der Waals surface area contributed by atoms with E-state index in [-0.39, 0.29) is 42.4 Å². The van der Waals surface area contributed by atoms with E-state index in [0.717, 1.165) is 0 Å². The molecule has 0 aromatic heterocycles. The van der Waals surface area contributed by atoms with Gasteiger partial charge in [-0.05, 0) is 12.8 Å². The standard InChI is InChI=1S/C11H16O5/c1-15-9(12)5-7-3-4-8(11(7)14)6-10(13)16-2/h7-8H,3-6H2,1-2H3. The topological polar surface area (TPSA) is 69.7 Å². The third-order valence-corrected chi connectivity index (χ3v) is 2.95. The highest BCUT2D eigenvalue weighted by Crippen LogP contribution is 2.32. The van der Waals surface area contributed by atoms with E-state index in [4.69, 9.17) is 0 Å². The van der Waals surface area contributed by atoms with Crippen LogP contribution in [-0.4, -0.2) is 31.9 Å². The summed E-state index contributed by atoms with van der Waals surface area (Å²) < 4.78 is 9.03. The number of esters is 2. The molecule has 90 valence electrons. The average molecular weight is 228 g/mol. The van der Waals surface area contributed by atoms with Gasteiger partial charge in [0.25, 0.3) is 0 Å². The Labute approximate surface area is 94.1 Å². The fourth-order valence-corrected chi connectivity index (χ4v) is 1.99. The molecule has 0 amide bonds. The maximum absolute atomic E-state index is 11.8. The van der Waals surface area contributed by atoms with Gasteiger partial charge in [-0.15, -0.1) is 0 Å². The number of ketones is 1. The Morgan fingerprint density at radius 2 is 1.44 bits per heavy atom. The fraction of sp³-hybridized carbons (Fsp3) is 0.727. The predicted octanol–water partition coefficient (Wildman–Crippen LogP) is 0.708. The lowest BCUT2D eigenvalue weighted by molar-refractivity contribution is -0.144. The van der Waals surface area contributed by atoms with Gasteiger partial charge in [0.1, 0.15) is 5.78 Å². The van der Waals surface area contributed by atoms with Crippen molar-refractivity contribution in [1.82, 2.24) is 0 Å². The molecule has 2 atom stereocenters. The van der Waals surface area contributed by atoms with Crippen molar-refractivity contribution in [2.45, 2.75) is 25.7 Å². The molecule has 0 bridgehead atoms. The molecule has 1 rings (SSSR count). The molecule has 0 aliphatic heterocycles. The van der Waals surface area contributed by atoms with Gasteiger partial charge in [-0.25, -0.2) is 0 Å². The normalized spacial score (nSPS) is 24.2. The largest absolute Gasteiger partial charge is 0.469 e. The Morgan fingerprint density at radius 3 is 1.75 bits per heavy atom. The summed E-state index contributed by atoms with van der Waals surface area (Å²) in [5.41, 5.74) is 0. The zero-order valence-corrected chi connectivity index (χ0v) is 9.52. The quantitative estimate of drug-likeness (QED) is 0.663. The first-order valence-electron chi connectivity index (χ1n) is 5.25. The van der Waals surface area contributed by atoms with E-state index in [2.05, 4.69) is 9.47 Å². The van der Waals surface area contributed by atoms with E-state index in [1.54, 1.807) is 0 Å². The third kappa shape index (κ3) is 3.05. The monoisotopic (exact) mass is 228 g/mol. The van der Waals surface area contributed by atoms with Crippen LogP contribution in [0.2, 0.25) is 0 Å². The van der Waals surface area contributed by atoms with Crippen LogP contribution >= 0.6 is 0 Å². The lowest BCUT2D eigenvalue weighted by Crippen LogP contribution is -2.20. The van der Waals surface area contributed by atoms with E-state index in [1.165, 1.54) is 14.2 Å². The number of carbonyl (C=O) groups excluding carboxylic acids is 3. The molecule has 0 aromatic rings. The second kappa shape index (κ2) is 5.63. The van der Waals surface area contributed by atoms with Crippen molar-refractivity contribution in [2.75, 3.05) is 14.2 Å². The van der Waals surface area contributed by atoms with Crippen molar-refractivity contribution >= 4 is 17.7 Å². The van der Waals surface area contributed by atoms with Crippen LogP contribution in [0, 0.1) is 11.8 Å². The summed E-state index contributed by atoms with van der Waals surface area (Å²) in [6.45, 7) is 0. The summed E-state index contributed by atoms with van der Waals surface area (Å²) in [6, 6.07) is 0. The molecule has 16 heavy (non-hydrogen) atoms. The Kier molecular flexibility index (Phi) is 4.46. The maximum atomic E-state index is 11.8. The number of methoxy groups -OCH3 is 2. The molecule has 5 nitrogen and oxygen atoms in total. The molecule has 5 heteroatoms. The Morgan fingerprint density at radius 1 is 1.06 bits per heavy atom. The first kappa shape index (κ1) is 12.7. The van der Waals surface area contributed by atoms with Gasteiger partial charge < -0.3 is 9.47 Å². The van der Waals surface area contributed by atoms with Crippen LogP contribution in [0.15, 0.2) is 0 Å². The molecule has 0 radical (unpaired) electrons. The fourth-order valence-electron chi connectivity index (χ4n) is 1.99. The van der Waals surface area contributed by atoms with Gasteiger partial charge in [0.05, 0.1) is 27.1 Å². The Bertz CT molecular complexity index is 269. The van der Waals surface area contributed by atoms with Crippen LogP contribution < -0.4 is 0 Å². The van der Waals surface area contributed by atoms with Gasteiger partial charge in [-0.3, -0.25) is 14.4 Å². The molecular formula is C11H16O5. The Balaban J connectivity index is 2.47. The lowest BCUT2D eigenvalue weighted by Gasteiger charge is -2.08. The van der Waals surface area contributed by atoms with Crippen LogP contribution in [0.3, 0.4) is 0 Å². The highest BCUT2D eigenvalue weighted by atomic mass is 16.5. The number of ether oxygens (including phenoxy) is 2. The molecule has 0 heterocycles. The maximum Gasteiger partial charge on any atom is 0.306 e. The van der Waals surface area contributed by atoms with Gasteiger partial charge in [-0.1, -0.05) is 0 Å². The summed E-state index contributed by atoms with van der Waals surface area (Å²) in [6.07, 6.45) is 1.53. The number of Topliss-reactive ketones (excluding diaryl/α,β-unsaturated/α-hetero) is 1. The lowest BCUT2D eigenvalue weighted by atomic mass is 9.98. The smallest absolute Gasteiger partial charge is 0.306 e. The van der Waals surface area contributed by atoms with Gasteiger partial charge in [0.15, 0.2) is 0 Å². The zero-order valence-electron chi connectivity index (χ0n) is 9.52. The van der Waals surface area contributed by atoms with Crippen molar-refractivity contribution in [2.24, 2.45) is 11.8 Å². The van der Waals surface area contributed by atoms with Crippen molar-refractivity contribution in [1.29, 1.82) is 0 Å². The molecule has 1 aliphatic carbocycles. The SMILES string of the molecule is COC(=O)CC1CCC(CC(=O)OC)C1=O. The first-order valence-corrected chi connectivity index (χ1v) is 5.25. The number of carbonyl (C=O) groups is 3. The van der Waals surface area contributed by atoms with E-state index in [1.807, 2.05) is 0 Å². The average Bonchev–Trinajstić information content (AvgIpc) is 2.61. The van der Waals surface area contributed by atoms with Gasteiger partial charge in [-0.2, -0.15) is 0 Å². The van der Waals surface area contributed by atoms with E-state index >= 15 is 0 Å². The van der Waals surface area contributed by atoms with Crippen molar-refractivity contribution in [3.05, 3.63) is 0 Å². The van der Waals surface area contributed by atoms with Gasteiger partial charge >= 0.3 is 11.9 Å². The van der Waals surface area contributed by atoms with E-state index in [9.17, 15) is 14.4 Å². The summed E-state index contributed by atoms with van der Waals surface area (Å²) in [7, 11) is 2.60. The third-order valence-electron chi connectivity index (χ3n) is 2.95. The van der Waals surface area contributed by atoms with E-state index < -0.39 is 0 Å². The Hall–Kier alpha value is -1.39. The van der Waals surface area contributed by atoms with Gasteiger partial charge in [0, 0.05) is 11.8 Å². The van der Waals surface area contributed by atoms with Crippen molar-refractivity contribution in [3.63, 3.8) is 0 Å². The minimum Gasteiger partial charge on any atom is -0.469 e. The highest BCUT2D eigenvalue weighted by Gasteiger charge is 2.36. The minimum atomic E-state index is -0.378. The molecule has 0 saturated heterocycles. The van der Waals surface area contributed by atoms with Crippen LogP contribution in [-0.2, 0) is 23.9 Å². The summed E-state index contributed by atoms with van der Waals surface area (Å²) in [4.78, 5) is 33.9. The number of hydrogen-bond acceptors (Lipinski definition) is 5. The minimum absolute atomic E-state index is 0.0178. The van der Waals surface area contributed by atoms with Crippen LogP contribution in [0.25, 0.3) is 0 Å². The second-order valence-electron chi connectivity index (χ2n) is 3.93. The van der Waals surface area contributed by atoms with Crippen LogP contribution in [0.4, 0.5) is 0 Å². The number of rotatable bonds is 4. The zero-order chi connectivity index (χ0) is 12.1. The molecule has 0 N–H and O–H groups in total. The van der Waals surface area contributed by atoms with Crippen molar-refractivity contribution in [3.8, 4) is 0 Å². The molecule has 1 saturated carbocycles. The summed E-state index contributed by atoms with van der Waals surface area (Å²) >= 11 is 0. The van der Waals surface area contributed by atoms with E-state index in [0.29, 0.717) is 12.8 Å². The molecule has 2 unspecified atom stereocenters. The highest BCUT2D eigenvalue weighted by molar-refractivity contribution is 5.91. The molecule has 1 aliphatic rings. The van der Waals surface area contributed by atoms with Crippen LogP contribution in [0.5, 0.6) is 0 Å². The molecule has 0 spiro atoms. The first-order chi connectivity index (χ1) is 7.58.